The van der Waals surface area contributed by atoms with Crippen LogP contribution in [0.25, 0.3) is 22.0 Å². The third-order valence-electron chi connectivity index (χ3n) is 5.62. The van der Waals surface area contributed by atoms with E-state index in [1.54, 1.807) is 54.6 Å². The Labute approximate surface area is 203 Å². The van der Waals surface area contributed by atoms with Crippen molar-refractivity contribution in [3.63, 3.8) is 0 Å². The summed E-state index contributed by atoms with van der Waals surface area (Å²) in [6.07, 6.45) is 0.822. The number of halogens is 3. The molecule has 3 aromatic carbocycles. The van der Waals surface area contributed by atoms with E-state index in [9.17, 15) is 22.8 Å². The molecule has 0 spiro atoms. The van der Waals surface area contributed by atoms with Crippen LogP contribution < -0.4 is 5.32 Å². The van der Waals surface area contributed by atoms with Gasteiger partial charge in [-0.2, -0.15) is 13.2 Å². The van der Waals surface area contributed by atoms with Crippen LogP contribution in [0.5, 0.6) is 0 Å². The van der Waals surface area contributed by atoms with Crippen LogP contribution in [0.2, 0.25) is 0 Å². The van der Waals surface area contributed by atoms with Crippen molar-refractivity contribution in [1.82, 2.24) is 14.5 Å². The van der Waals surface area contributed by atoms with Crippen LogP contribution >= 0.6 is 0 Å². The molecule has 0 fully saturated rings. The van der Waals surface area contributed by atoms with E-state index in [4.69, 9.17) is 0 Å². The maximum absolute atomic E-state index is 13.8. The number of carbonyl (C=O) groups excluding carboxylic acids is 2. The van der Waals surface area contributed by atoms with Crippen LogP contribution in [0.3, 0.4) is 0 Å². The topological polar surface area (TPSA) is 76.9 Å². The van der Waals surface area contributed by atoms with Gasteiger partial charge in [0.05, 0.1) is 11.1 Å². The number of imidazole rings is 1. The summed E-state index contributed by atoms with van der Waals surface area (Å²) >= 11 is 0. The molecule has 0 radical (unpaired) electrons. The Balaban J connectivity index is 1.70. The molecule has 5 rings (SSSR count). The fourth-order valence-electron chi connectivity index (χ4n) is 4.00. The highest BCUT2D eigenvalue weighted by Gasteiger charge is 2.34. The van der Waals surface area contributed by atoms with Crippen LogP contribution in [-0.4, -0.2) is 26.3 Å². The number of fused-ring (bicyclic) bond motifs is 1. The zero-order chi connectivity index (χ0) is 25.3. The predicted molar refractivity (Wildman–Crippen MR) is 129 cm³/mol. The number of alkyl halides is 3. The highest BCUT2D eigenvalue weighted by molar-refractivity contribution is 6.17. The summed E-state index contributed by atoms with van der Waals surface area (Å²) in [6.45, 7) is 0. The number of nitrogens with one attached hydrogen (secondary N) is 1. The smallest absolute Gasteiger partial charge is 0.307 e. The van der Waals surface area contributed by atoms with Gasteiger partial charge in [0, 0.05) is 46.4 Å². The van der Waals surface area contributed by atoms with Crippen molar-refractivity contribution < 1.29 is 22.8 Å². The average molecular weight is 486 g/mol. The maximum Gasteiger partial charge on any atom is 0.418 e. The molecule has 0 bridgehead atoms. The summed E-state index contributed by atoms with van der Waals surface area (Å²) in [7, 11) is 0. The van der Waals surface area contributed by atoms with Crippen LogP contribution in [0.15, 0.2) is 97.7 Å². The SMILES string of the molecule is O=C(c1ccccc1)c1cnc2c(C(F)(F)F)cccc2c1-c1cccc(NC(=O)n2ccnc2)c1. The molecule has 0 saturated heterocycles. The van der Waals surface area contributed by atoms with E-state index in [1.165, 1.54) is 41.6 Å². The first-order valence-electron chi connectivity index (χ1n) is 10.8. The fraction of sp³-hybridized carbons (Fsp3) is 0.0370. The second kappa shape index (κ2) is 9.10. The minimum Gasteiger partial charge on any atom is -0.307 e. The van der Waals surface area contributed by atoms with E-state index in [1.807, 2.05) is 0 Å². The van der Waals surface area contributed by atoms with E-state index in [0.29, 0.717) is 22.4 Å². The minimum absolute atomic E-state index is 0.145. The molecule has 1 amide bonds. The van der Waals surface area contributed by atoms with Gasteiger partial charge in [-0.05, 0) is 23.8 Å². The molecule has 0 unspecified atom stereocenters. The molecule has 2 aromatic heterocycles. The Morgan fingerprint density at radius 3 is 2.42 bits per heavy atom. The van der Waals surface area contributed by atoms with Crippen molar-refractivity contribution in [3.05, 3.63) is 114 Å². The molecule has 2 heterocycles. The number of para-hydroxylation sites is 1. The average Bonchev–Trinajstić information content (AvgIpc) is 3.43. The molecule has 1 N–H and O–H groups in total. The van der Waals surface area contributed by atoms with Crippen LogP contribution in [0, 0.1) is 0 Å². The number of hydrogen-bond acceptors (Lipinski definition) is 4. The molecule has 178 valence electrons. The van der Waals surface area contributed by atoms with Gasteiger partial charge in [-0.15, -0.1) is 0 Å². The van der Waals surface area contributed by atoms with Crippen molar-refractivity contribution in [2.24, 2.45) is 0 Å². The van der Waals surface area contributed by atoms with Crippen molar-refractivity contribution in [2.45, 2.75) is 6.18 Å². The molecule has 0 aliphatic carbocycles. The summed E-state index contributed by atoms with van der Waals surface area (Å²) in [6, 6.07) is 18.3. The van der Waals surface area contributed by atoms with E-state index >= 15 is 0 Å². The van der Waals surface area contributed by atoms with Crippen molar-refractivity contribution in [1.29, 1.82) is 0 Å². The Morgan fingerprint density at radius 1 is 0.917 bits per heavy atom. The number of benzene rings is 3. The zero-order valence-electron chi connectivity index (χ0n) is 18.5. The van der Waals surface area contributed by atoms with E-state index in [2.05, 4.69) is 15.3 Å². The lowest BCUT2D eigenvalue weighted by Crippen LogP contribution is -2.17. The quantitative estimate of drug-likeness (QED) is 0.297. The van der Waals surface area contributed by atoms with Crippen LogP contribution in [0.4, 0.5) is 23.7 Å². The summed E-state index contributed by atoms with van der Waals surface area (Å²) < 4.78 is 42.5. The van der Waals surface area contributed by atoms with Gasteiger partial charge >= 0.3 is 12.2 Å². The number of aromatic nitrogens is 3. The number of nitrogens with zero attached hydrogens (tertiary/aromatic N) is 3. The second-order valence-electron chi connectivity index (χ2n) is 7.92. The van der Waals surface area contributed by atoms with Crippen molar-refractivity contribution in [3.8, 4) is 11.1 Å². The molecule has 6 nitrogen and oxygen atoms in total. The molecule has 0 aliphatic rings. The number of hydrogen-bond donors (Lipinski definition) is 1. The Bertz CT molecular complexity index is 1580. The van der Waals surface area contributed by atoms with E-state index in [0.717, 1.165) is 6.07 Å². The lowest BCUT2D eigenvalue weighted by molar-refractivity contribution is -0.136. The van der Waals surface area contributed by atoms with Gasteiger partial charge in [0.2, 0.25) is 0 Å². The monoisotopic (exact) mass is 486 g/mol. The summed E-state index contributed by atoms with van der Waals surface area (Å²) in [5, 5.41) is 2.89. The highest BCUT2D eigenvalue weighted by Crippen LogP contribution is 2.39. The first-order chi connectivity index (χ1) is 17.3. The number of carbonyl (C=O) groups is 2. The third-order valence-corrected chi connectivity index (χ3v) is 5.62. The zero-order valence-corrected chi connectivity index (χ0v) is 18.5. The van der Waals surface area contributed by atoms with Crippen LogP contribution in [0.1, 0.15) is 21.5 Å². The summed E-state index contributed by atoms with van der Waals surface area (Å²) in [4.78, 5) is 33.8. The van der Waals surface area contributed by atoms with Gasteiger partial charge < -0.3 is 5.32 Å². The Morgan fingerprint density at radius 2 is 1.69 bits per heavy atom. The summed E-state index contributed by atoms with van der Waals surface area (Å²) in [5.74, 6) is -0.384. The third kappa shape index (κ3) is 4.34. The fourth-order valence-corrected chi connectivity index (χ4v) is 4.00. The lowest BCUT2D eigenvalue weighted by atomic mass is 9.91. The standard InChI is InChI=1S/C27H17F3N4O2/c28-27(29,30)22-11-5-10-20-23(21(15-32-24(20)22)25(35)17-6-2-1-3-7-17)18-8-4-9-19(14-18)33-26(36)34-13-12-31-16-34/h1-16H,(H,33,36). The number of amides is 1. The van der Waals surface area contributed by atoms with E-state index in [-0.39, 0.29) is 22.2 Å². The normalized spacial score (nSPS) is 11.4. The number of pyridine rings is 1. The van der Waals surface area contributed by atoms with Crippen molar-refractivity contribution >= 4 is 28.4 Å². The summed E-state index contributed by atoms with van der Waals surface area (Å²) in [5.41, 5.74) is 0.480. The van der Waals surface area contributed by atoms with Gasteiger partial charge in [-0.3, -0.25) is 14.3 Å². The van der Waals surface area contributed by atoms with Gasteiger partial charge in [-0.1, -0.05) is 54.6 Å². The first kappa shape index (κ1) is 23.0. The molecule has 5 aromatic rings. The highest BCUT2D eigenvalue weighted by atomic mass is 19.4. The molecular weight excluding hydrogens is 469 g/mol. The molecule has 0 aliphatic heterocycles. The number of ketones is 1. The van der Waals surface area contributed by atoms with Crippen LogP contribution in [-0.2, 0) is 6.18 Å². The van der Waals surface area contributed by atoms with Gasteiger partial charge in [0.1, 0.15) is 6.33 Å². The molecule has 9 heteroatoms. The van der Waals surface area contributed by atoms with Crippen molar-refractivity contribution in [2.75, 3.05) is 5.32 Å². The van der Waals surface area contributed by atoms with Gasteiger partial charge in [-0.25, -0.2) is 9.78 Å². The second-order valence-corrected chi connectivity index (χ2v) is 7.92. The van der Waals surface area contributed by atoms with Gasteiger partial charge in [0.15, 0.2) is 5.78 Å². The molecule has 0 saturated carbocycles. The minimum atomic E-state index is -4.63. The largest absolute Gasteiger partial charge is 0.418 e. The first-order valence-corrected chi connectivity index (χ1v) is 10.8. The number of anilines is 1. The number of rotatable bonds is 4. The van der Waals surface area contributed by atoms with E-state index < -0.39 is 17.8 Å². The van der Waals surface area contributed by atoms with Gasteiger partial charge in [0.25, 0.3) is 0 Å². The maximum atomic E-state index is 13.8. The lowest BCUT2D eigenvalue weighted by Gasteiger charge is -2.16. The predicted octanol–water partition coefficient (Wildman–Crippen LogP) is 6.43. The Hall–Kier alpha value is -4.79. The Kier molecular flexibility index (Phi) is 5.81. The molecule has 0 atom stereocenters. The molecular formula is C27H17F3N4O2. The molecule has 36 heavy (non-hydrogen) atoms.